The Bertz CT molecular complexity index is 897. The van der Waals surface area contributed by atoms with Crippen LogP contribution in [0.25, 0.3) is 11.1 Å². The topological polar surface area (TPSA) is 69.4 Å². The maximum absolute atomic E-state index is 11.4. The molecule has 4 nitrogen and oxygen atoms in total. The van der Waals surface area contributed by atoms with Crippen molar-refractivity contribution in [1.29, 1.82) is 0 Å². The van der Waals surface area contributed by atoms with Gasteiger partial charge in [-0.15, -0.1) is 0 Å². The molecule has 126 valence electrons. The molecule has 5 heteroatoms. The van der Waals surface area contributed by atoms with E-state index in [0.29, 0.717) is 0 Å². The Labute approximate surface area is 143 Å². The number of sulfonamides is 1. The van der Waals surface area contributed by atoms with Crippen LogP contribution in [-0.4, -0.2) is 15.5 Å². The quantitative estimate of drug-likeness (QED) is 0.919. The summed E-state index contributed by atoms with van der Waals surface area (Å²) in [6.07, 6.45) is 3.09. The first-order valence-electron chi connectivity index (χ1n) is 7.90. The standard InChI is InChI=1S/C19H21NO3S/c1-13-6-7-15(12-19(13)23-2)18-5-3-4-17(18)14-8-10-16(11-9-14)24(20,21)22/h6-12H,3-5H2,1-2H3,(H2,20,21,22). The highest BCUT2D eigenvalue weighted by molar-refractivity contribution is 7.89. The summed E-state index contributed by atoms with van der Waals surface area (Å²) >= 11 is 0. The van der Waals surface area contributed by atoms with Gasteiger partial charge in [0.2, 0.25) is 10.0 Å². The Balaban J connectivity index is 2.04. The summed E-state index contributed by atoms with van der Waals surface area (Å²) in [7, 11) is -1.97. The van der Waals surface area contributed by atoms with Crippen LogP contribution in [0.4, 0.5) is 0 Å². The smallest absolute Gasteiger partial charge is 0.238 e. The summed E-state index contributed by atoms with van der Waals surface area (Å²) in [4.78, 5) is 0.142. The number of rotatable bonds is 4. The molecule has 0 bridgehead atoms. The Morgan fingerprint density at radius 3 is 2.12 bits per heavy atom. The van der Waals surface area contributed by atoms with Gasteiger partial charge in [-0.3, -0.25) is 0 Å². The largest absolute Gasteiger partial charge is 0.496 e. The predicted octanol–water partition coefficient (Wildman–Crippen LogP) is 3.75. The maximum Gasteiger partial charge on any atom is 0.238 e. The Morgan fingerprint density at radius 2 is 1.54 bits per heavy atom. The van der Waals surface area contributed by atoms with Crippen molar-refractivity contribution in [2.45, 2.75) is 31.1 Å². The fourth-order valence-corrected chi connectivity index (χ4v) is 3.75. The number of allylic oxidation sites excluding steroid dienone is 2. The molecule has 0 aromatic heterocycles. The monoisotopic (exact) mass is 343 g/mol. The van der Waals surface area contributed by atoms with Crippen LogP contribution < -0.4 is 9.88 Å². The lowest BCUT2D eigenvalue weighted by Gasteiger charge is -2.12. The van der Waals surface area contributed by atoms with E-state index in [1.807, 2.05) is 19.1 Å². The normalized spacial score (nSPS) is 15.0. The van der Waals surface area contributed by atoms with E-state index in [1.54, 1.807) is 19.2 Å². The molecular formula is C19H21NO3S. The van der Waals surface area contributed by atoms with Gasteiger partial charge < -0.3 is 4.74 Å². The van der Waals surface area contributed by atoms with Gasteiger partial charge in [-0.2, -0.15) is 0 Å². The van der Waals surface area contributed by atoms with E-state index in [1.165, 1.54) is 16.7 Å². The van der Waals surface area contributed by atoms with E-state index >= 15 is 0 Å². The maximum atomic E-state index is 11.4. The van der Waals surface area contributed by atoms with Crippen molar-refractivity contribution in [3.05, 3.63) is 59.2 Å². The summed E-state index contributed by atoms with van der Waals surface area (Å²) < 4.78 is 28.2. The number of benzene rings is 2. The average molecular weight is 343 g/mol. The second-order valence-corrected chi connectivity index (χ2v) is 7.63. The SMILES string of the molecule is COc1cc(C2=C(c3ccc(S(N)(=O)=O)cc3)CCC2)ccc1C. The lowest BCUT2D eigenvalue weighted by Crippen LogP contribution is -2.11. The first-order chi connectivity index (χ1) is 11.4. The second-order valence-electron chi connectivity index (χ2n) is 6.06. The molecule has 0 atom stereocenters. The molecular weight excluding hydrogens is 322 g/mol. The molecule has 1 aliphatic carbocycles. The summed E-state index contributed by atoms with van der Waals surface area (Å²) in [5.74, 6) is 0.885. The van der Waals surface area contributed by atoms with Gasteiger partial charge in [-0.25, -0.2) is 13.6 Å². The van der Waals surface area contributed by atoms with E-state index in [-0.39, 0.29) is 4.90 Å². The Morgan fingerprint density at radius 1 is 0.958 bits per heavy atom. The van der Waals surface area contributed by atoms with E-state index in [4.69, 9.17) is 9.88 Å². The lowest BCUT2D eigenvalue weighted by atomic mass is 9.96. The Hall–Kier alpha value is -2.11. The van der Waals surface area contributed by atoms with Crippen LogP contribution in [0.3, 0.4) is 0 Å². The zero-order chi connectivity index (χ0) is 17.3. The molecule has 0 radical (unpaired) electrons. The van der Waals surface area contributed by atoms with Crippen LogP contribution in [0.15, 0.2) is 47.4 Å². The van der Waals surface area contributed by atoms with Gasteiger partial charge in [0.1, 0.15) is 5.75 Å². The number of ether oxygens (including phenoxy) is 1. The fraction of sp³-hybridized carbons (Fsp3) is 0.263. The average Bonchev–Trinajstić information content (AvgIpc) is 3.04. The number of aryl methyl sites for hydroxylation is 1. The molecule has 3 rings (SSSR count). The minimum Gasteiger partial charge on any atom is -0.496 e. The van der Waals surface area contributed by atoms with Crippen molar-refractivity contribution < 1.29 is 13.2 Å². The molecule has 0 aliphatic heterocycles. The number of methoxy groups -OCH3 is 1. The van der Waals surface area contributed by atoms with Crippen LogP contribution >= 0.6 is 0 Å². The summed E-state index contributed by atoms with van der Waals surface area (Å²) in [6.45, 7) is 2.03. The van der Waals surface area contributed by atoms with Gasteiger partial charge in [-0.05, 0) is 72.2 Å². The predicted molar refractivity (Wildman–Crippen MR) is 96.2 cm³/mol. The van der Waals surface area contributed by atoms with Crippen molar-refractivity contribution in [2.75, 3.05) is 7.11 Å². The van der Waals surface area contributed by atoms with Crippen molar-refractivity contribution >= 4 is 21.2 Å². The van der Waals surface area contributed by atoms with E-state index in [9.17, 15) is 8.42 Å². The van der Waals surface area contributed by atoms with E-state index in [0.717, 1.165) is 36.1 Å². The second kappa shape index (κ2) is 6.42. The van der Waals surface area contributed by atoms with Crippen LogP contribution in [0.5, 0.6) is 5.75 Å². The molecule has 0 fully saturated rings. The van der Waals surface area contributed by atoms with Crippen LogP contribution in [0, 0.1) is 6.92 Å². The summed E-state index contributed by atoms with van der Waals surface area (Å²) in [5, 5.41) is 5.17. The zero-order valence-corrected chi connectivity index (χ0v) is 14.7. The van der Waals surface area contributed by atoms with Gasteiger partial charge in [0.25, 0.3) is 0 Å². The first-order valence-corrected chi connectivity index (χ1v) is 9.45. The minimum atomic E-state index is -3.66. The molecule has 2 aromatic carbocycles. The van der Waals surface area contributed by atoms with Crippen molar-refractivity contribution in [2.24, 2.45) is 5.14 Å². The third kappa shape index (κ3) is 3.23. The fourth-order valence-electron chi connectivity index (χ4n) is 3.23. The van der Waals surface area contributed by atoms with E-state index < -0.39 is 10.0 Å². The molecule has 0 heterocycles. The molecule has 1 aliphatic rings. The van der Waals surface area contributed by atoms with Gasteiger partial charge in [-0.1, -0.05) is 24.3 Å². The number of nitrogens with two attached hydrogens (primary N) is 1. The summed E-state index contributed by atoms with van der Waals surface area (Å²) in [5.41, 5.74) is 5.90. The van der Waals surface area contributed by atoms with Crippen LogP contribution in [0.2, 0.25) is 0 Å². The highest BCUT2D eigenvalue weighted by Gasteiger charge is 2.19. The molecule has 0 unspecified atom stereocenters. The molecule has 0 spiro atoms. The molecule has 2 aromatic rings. The zero-order valence-electron chi connectivity index (χ0n) is 13.9. The number of hydrogen-bond acceptors (Lipinski definition) is 3. The highest BCUT2D eigenvalue weighted by Crippen LogP contribution is 2.41. The van der Waals surface area contributed by atoms with Crippen molar-refractivity contribution in [1.82, 2.24) is 0 Å². The molecule has 2 N–H and O–H groups in total. The van der Waals surface area contributed by atoms with E-state index in [2.05, 4.69) is 18.2 Å². The van der Waals surface area contributed by atoms with Gasteiger partial charge in [0.05, 0.1) is 12.0 Å². The van der Waals surface area contributed by atoms with Crippen LogP contribution in [0.1, 0.15) is 36.0 Å². The third-order valence-corrected chi connectivity index (χ3v) is 5.43. The summed E-state index contributed by atoms with van der Waals surface area (Å²) in [6, 6.07) is 13.1. The third-order valence-electron chi connectivity index (χ3n) is 4.51. The molecule has 0 saturated heterocycles. The van der Waals surface area contributed by atoms with Gasteiger partial charge in [0.15, 0.2) is 0 Å². The lowest BCUT2D eigenvalue weighted by molar-refractivity contribution is 0.411. The first kappa shape index (κ1) is 16.7. The minimum absolute atomic E-state index is 0.142. The van der Waals surface area contributed by atoms with Gasteiger partial charge >= 0.3 is 0 Å². The number of primary sulfonamides is 1. The molecule has 0 amide bonds. The van der Waals surface area contributed by atoms with Crippen molar-refractivity contribution in [3.63, 3.8) is 0 Å². The van der Waals surface area contributed by atoms with Crippen molar-refractivity contribution in [3.8, 4) is 5.75 Å². The number of hydrogen-bond donors (Lipinski definition) is 1. The molecule has 24 heavy (non-hydrogen) atoms. The Kier molecular flexibility index (Phi) is 4.47. The highest BCUT2D eigenvalue weighted by atomic mass is 32.2. The van der Waals surface area contributed by atoms with Gasteiger partial charge in [0, 0.05) is 0 Å². The molecule has 0 saturated carbocycles. The van der Waals surface area contributed by atoms with Crippen LogP contribution in [-0.2, 0) is 10.0 Å².